The number of hydrogen-bond donors (Lipinski definition) is 1. The Balaban J connectivity index is 1.36. The molecule has 0 atom stereocenters. The van der Waals surface area contributed by atoms with Crippen LogP contribution in [-0.4, -0.2) is 40.4 Å². The third kappa shape index (κ3) is 4.54. The molecule has 0 radical (unpaired) electrons. The molecule has 126 valence electrons. The van der Waals surface area contributed by atoms with Gasteiger partial charge in [-0.15, -0.1) is 0 Å². The van der Waals surface area contributed by atoms with Crippen LogP contribution < -0.4 is 5.32 Å². The summed E-state index contributed by atoms with van der Waals surface area (Å²) in [6.45, 7) is 2.46. The molecule has 1 fully saturated rings. The molecule has 0 saturated carbocycles. The van der Waals surface area contributed by atoms with Crippen molar-refractivity contribution in [3.8, 4) is 0 Å². The normalized spacial score (nSPS) is 15.2. The highest BCUT2D eigenvalue weighted by atomic mass is 16.2. The molecule has 5 nitrogen and oxygen atoms in total. The quantitative estimate of drug-likeness (QED) is 0.830. The summed E-state index contributed by atoms with van der Waals surface area (Å²) < 4.78 is 0. The monoisotopic (exact) mass is 324 g/mol. The Morgan fingerprint density at radius 2 is 1.79 bits per heavy atom. The molecule has 1 amide bonds. The molecule has 1 saturated heterocycles. The Morgan fingerprint density at radius 1 is 1.08 bits per heavy atom. The van der Waals surface area contributed by atoms with Crippen LogP contribution in [0.3, 0.4) is 0 Å². The Kier molecular flexibility index (Phi) is 5.77. The minimum absolute atomic E-state index is 0.261. The van der Waals surface area contributed by atoms with Crippen molar-refractivity contribution in [3.05, 3.63) is 54.4 Å². The van der Waals surface area contributed by atoms with Crippen molar-refractivity contribution in [3.63, 3.8) is 0 Å². The molecule has 0 aliphatic carbocycles. The zero-order chi connectivity index (χ0) is 16.6. The smallest absolute Gasteiger partial charge is 0.222 e. The Morgan fingerprint density at radius 3 is 2.50 bits per heavy atom. The average Bonchev–Trinajstić information content (AvgIpc) is 2.67. The van der Waals surface area contributed by atoms with Crippen molar-refractivity contribution in [1.82, 2.24) is 14.9 Å². The number of rotatable bonds is 6. The van der Waals surface area contributed by atoms with Crippen molar-refractivity contribution in [1.29, 1.82) is 0 Å². The number of likely N-dealkylation sites (tertiary alicyclic amines) is 1. The molecule has 1 N–H and O–H groups in total. The summed E-state index contributed by atoms with van der Waals surface area (Å²) >= 11 is 0. The molecule has 2 aromatic rings. The van der Waals surface area contributed by atoms with Crippen LogP contribution in [0.2, 0.25) is 0 Å². The van der Waals surface area contributed by atoms with E-state index in [1.165, 1.54) is 5.56 Å². The number of piperidine rings is 1. The number of amides is 1. The topological polar surface area (TPSA) is 58.1 Å². The van der Waals surface area contributed by atoms with E-state index in [0.717, 1.165) is 38.9 Å². The van der Waals surface area contributed by atoms with Gasteiger partial charge in [-0.25, -0.2) is 9.97 Å². The van der Waals surface area contributed by atoms with Gasteiger partial charge in [0.15, 0.2) is 0 Å². The van der Waals surface area contributed by atoms with Crippen LogP contribution in [-0.2, 0) is 4.79 Å². The standard InChI is InChI=1S/C19H24N4O/c24-18(8-4-11-20-19-21-12-5-13-22-19)23-14-9-17(10-15-23)16-6-2-1-3-7-16/h1-3,5-7,12-13,17H,4,8-11,14-15H2,(H,20,21,22). The predicted octanol–water partition coefficient (Wildman–Crippen LogP) is 3.07. The first-order valence-corrected chi connectivity index (χ1v) is 8.66. The molecule has 1 aliphatic heterocycles. The van der Waals surface area contributed by atoms with Crippen LogP contribution in [0.15, 0.2) is 48.8 Å². The number of hydrogen-bond acceptors (Lipinski definition) is 4. The van der Waals surface area contributed by atoms with E-state index in [1.807, 2.05) is 4.90 Å². The number of carbonyl (C=O) groups excluding carboxylic acids is 1. The van der Waals surface area contributed by atoms with E-state index in [2.05, 4.69) is 45.6 Å². The lowest BCUT2D eigenvalue weighted by atomic mass is 9.89. The highest BCUT2D eigenvalue weighted by Crippen LogP contribution is 2.27. The molecular formula is C19H24N4O. The van der Waals surface area contributed by atoms with Gasteiger partial charge in [0.25, 0.3) is 0 Å². The predicted molar refractivity (Wildman–Crippen MR) is 94.8 cm³/mol. The van der Waals surface area contributed by atoms with E-state index in [9.17, 15) is 4.79 Å². The number of benzene rings is 1. The molecule has 2 heterocycles. The third-order valence-electron chi connectivity index (χ3n) is 4.53. The van der Waals surface area contributed by atoms with Crippen molar-refractivity contribution >= 4 is 11.9 Å². The fourth-order valence-electron chi connectivity index (χ4n) is 3.18. The van der Waals surface area contributed by atoms with Gasteiger partial charge in [-0.05, 0) is 36.8 Å². The van der Waals surface area contributed by atoms with Crippen LogP contribution in [0.5, 0.6) is 0 Å². The maximum absolute atomic E-state index is 12.3. The van der Waals surface area contributed by atoms with Crippen LogP contribution in [0.4, 0.5) is 5.95 Å². The molecule has 1 aromatic carbocycles. The van der Waals surface area contributed by atoms with Crippen molar-refractivity contribution in [2.75, 3.05) is 25.0 Å². The van der Waals surface area contributed by atoms with Crippen LogP contribution in [0.25, 0.3) is 0 Å². The van der Waals surface area contributed by atoms with Crippen molar-refractivity contribution < 1.29 is 4.79 Å². The summed E-state index contributed by atoms with van der Waals surface area (Å²) in [4.78, 5) is 22.5. The molecular weight excluding hydrogens is 300 g/mol. The largest absolute Gasteiger partial charge is 0.354 e. The first kappa shape index (κ1) is 16.4. The van der Waals surface area contributed by atoms with Gasteiger partial charge < -0.3 is 10.2 Å². The van der Waals surface area contributed by atoms with Gasteiger partial charge in [-0.1, -0.05) is 30.3 Å². The Hall–Kier alpha value is -2.43. The minimum atomic E-state index is 0.261. The summed E-state index contributed by atoms with van der Waals surface area (Å²) in [7, 11) is 0. The third-order valence-corrected chi connectivity index (χ3v) is 4.53. The lowest BCUT2D eigenvalue weighted by molar-refractivity contribution is -0.132. The number of nitrogens with zero attached hydrogens (tertiary/aromatic N) is 3. The lowest BCUT2D eigenvalue weighted by Crippen LogP contribution is -2.38. The highest BCUT2D eigenvalue weighted by Gasteiger charge is 2.23. The van der Waals surface area contributed by atoms with Gasteiger partial charge in [0, 0.05) is 38.4 Å². The van der Waals surface area contributed by atoms with Gasteiger partial charge in [-0.3, -0.25) is 4.79 Å². The van der Waals surface area contributed by atoms with E-state index >= 15 is 0 Å². The van der Waals surface area contributed by atoms with Crippen molar-refractivity contribution in [2.45, 2.75) is 31.6 Å². The molecule has 1 aliphatic rings. The van der Waals surface area contributed by atoms with Gasteiger partial charge in [0.05, 0.1) is 0 Å². The zero-order valence-electron chi connectivity index (χ0n) is 13.9. The molecule has 1 aromatic heterocycles. The van der Waals surface area contributed by atoms with Crippen LogP contribution in [0, 0.1) is 0 Å². The first-order valence-electron chi connectivity index (χ1n) is 8.66. The Bertz CT molecular complexity index is 624. The SMILES string of the molecule is O=C(CCCNc1ncccn1)N1CCC(c2ccccc2)CC1. The fraction of sp³-hybridized carbons (Fsp3) is 0.421. The number of carbonyl (C=O) groups is 1. The number of aromatic nitrogens is 2. The van der Waals surface area contributed by atoms with Crippen molar-refractivity contribution in [2.24, 2.45) is 0 Å². The van der Waals surface area contributed by atoms with Gasteiger partial charge in [0.1, 0.15) is 0 Å². The van der Waals surface area contributed by atoms with E-state index in [-0.39, 0.29) is 5.91 Å². The molecule has 3 rings (SSSR count). The van der Waals surface area contributed by atoms with Crippen LogP contribution in [0.1, 0.15) is 37.2 Å². The van der Waals surface area contributed by atoms with E-state index < -0.39 is 0 Å². The number of nitrogens with one attached hydrogen (secondary N) is 1. The summed E-state index contributed by atoms with van der Waals surface area (Å²) in [5.74, 6) is 1.47. The maximum atomic E-state index is 12.3. The highest BCUT2D eigenvalue weighted by molar-refractivity contribution is 5.76. The van der Waals surface area contributed by atoms with Gasteiger partial charge in [-0.2, -0.15) is 0 Å². The molecule has 5 heteroatoms. The summed E-state index contributed by atoms with van der Waals surface area (Å²) in [5.41, 5.74) is 1.40. The second-order valence-electron chi connectivity index (χ2n) is 6.17. The minimum Gasteiger partial charge on any atom is -0.354 e. The number of anilines is 1. The second kappa shape index (κ2) is 8.43. The van der Waals surface area contributed by atoms with Crippen LogP contribution >= 0.6 is 0 Å². The summed E-state index contributed by atoms with van der Waals surface area (Å²) in [5, 5.41) is 3.14. The lowest BCUT2D eigenvalue weighted by Gasteiger charge is -2.32. The zero-order valence-corrected chi connectivity index (χ0v) is 13.9. The van der Waals surface area contributed by atoms with E-state index in [0.29, 0.717) is 18.3 Å². The fourth-order valence-corrected chi connectivity index (χ4v) is 3.18. The van der Waals surface area contributed by atoms with Gasteiger partial charge >= 0.3 is 0 Å². The first-order chi connectivity index (χ1) is 11.8. The summed E-state index contributed by atoms with van der Waals surface area (Å²) in [6, 6.07) is 12.4. The molecule has 0 unspecified atom stereocenters. The average molecular weight is 324 g/mol. The molecule has 0 bridgehead atoms. The summed E-state index contributed by atoms with van der Waals surface area (Å²) in [6.07, 6.45) is 6.91. The second-order valence-corrected chi connectivity index (χ2v) is 6.17. The molecule has 0 spiro atoms. The van der Waals surface area contributed by atoms with E-state index in [4.69, 9.17) is 0 Å². The van der Waals surface area contributed by atoms with Gasteiger partial charge in [0.2, 0.25) is 11.9 Å². The molecule has 24 heavy (non-hydrogen) atoms. The maximum Gasteiger partial charge on any atom is 0.222 e. The Labute approximate surface area is 143 Å². The van der Waals surface area contributed by atoms with E-state index in [1.54, 1.807) is 18.5 Å².